The highest BCUT2D eigenvalue weighted by Gasteiger charge is 2.62. The molecule has 7 atom stereocenters. The Labute approximate surface area is 148 Å². The van der Waals surface area contributed by atoms with Crippen LogP contribution in [0.25, 0.3) is 0 Å². The average molecular weight is 333 g/mol. The summed E-state index contributed by atoms with van der Waals surface area (Å²) >= 11 is 0. The lowest BCUT2D eigenvalue weighted by molar-refractivity contribution is -0.159. The highest BCUT2D eigenvalue weighted by atomic mass is 16.5. The van der Waals surface area contributed by atoms with E-state index in [2.05, 4.69) is 27.7 Å². The van der Waals surface area contributed by atoms with Crippen LogP contribution in [0.3, 0.4) is 0 Å². The first-order valence-corrected chi connectivity index (χ1v) is 10.3. The molecular weight excluding hydrogens is 296 g/mol. The van der Waals surface area contributed by atoms with E-state index in [9.17, 15) is 4.79 Å². The Hall–Kier alpha value is -0.370. The van der Waals surface area contributed by atoms with Crippen LogP contribution in [0.15, 0.2) is 0 Å². The van der Waals surface area contributed by atoms with Crippen molar-refractivity contribution in [2.45, 2.75) is 85.2 Å². The standard InChI is InChI=1S/C22H36O2/c1-20(2)13-22(4)14(12-18(20)23)6-7-15-16-8-9-19(24-5)21(16,3)11-10-17(15)22/h14-17,19H,6-13H2,1-5H3/t14?,15-,16-,17+,19?,21-,22-/m0/s1. The molecule has 24 heavy (non-hydrogen) atoms. The number of hydrogen-bond donors (Lipinski definition) is 0. The van der Waals surface area contributed by atoms with Crippen LogP contribution < -0.4 is 0 Å². The van der Waals surface area contributed by atoms with Gasteiger partial charge in [-0.2, -0.15) is 0 Å². The van der Waals surface area contributed by atoms with Crippen LogP contribution in [0, 0.1) is 39.9 Å². The molecule has 0 spiro atoms. The van der Waals surface area contributed by atoms with Crippen LogP contribution in [0.2, 0.25) is 0 Å². The lowest BCUT2D eigenvalue weighted by Gasteiger charge is -2.62. The fraction of sp³-hybridized carbons (Fsp3) is 0.955. The monoisotopic (exact) mass is 332 g/mol. The zero-order chi connectivity index (χ0) is 17.3. The molecule has 0 aromatic heterocycles. The van der Waals surface area contributed by atoms with E-state index in [4.69, 9.17) is 4.74 Å². The van der Waals surface area contributed by atoms with Crippen molar-refractivity contribution in [3.63, 3.8) is 0 Å². The Bertz CT molecular complexity index is 538. The van der Waals surface area contributed by atoms with E-state index in [-0.39, 0.29) is 5.41 Å². The molecule has 136 valence electrons. The highest BCUT2D eigenvalue weighted by Crippen LogP contribution is 2.67. The normalized spacial score (nSPS) is 53.2. The van der Waals surface area contributed by atoms with Gasteiger partial charge in [-0.15, -0.1) is 0 Å². The summed E-state index contributed by atoms with van der Waals surface area (Å²) in [5.41, 5.74) is 0.671. The minimum absolute atomic E-state index is 0.112. The maximum atomic E-state index is 12.6. The molecule has 0 aromatic carbocycles. The molecule has 4 saturated carbocycles. The maximum absolute atomic E-state index is 12.6. The Kier molecular flexibility index (Phi) is 3.78. The molecule has 0 saturated heterocycles. The van der Waals surface area contributed by atoms with E-state index in [1.807, 2.05) is 7.11 Å². The predicted molar refractivity (Wildman–Crippen MR) is 96.7 cm³/mol. The number of carbonyl (C=O) groups excluding carboxylic acids is 1. The number of carbonyl (C=O) groups is 1. The van der Waals surface area contributed by atoms with Crippen LogP contribution in [-0.4, -0.2) is 19.0 Å². The molecule has 4 aliphatic carbocycles. The van der Waals surface area contributed by atoms with Gasteiger partial charge in [-0.05, 0) is 79.4 Å². The number of hydrogen-bond acceptors (Lipinski definition) is 2. The van der Waals surface area contributed by atoms with Crippen LogP contribution in [0.5, 0.6) is 0 Å². The summed E-state index contributed by atoms with van der Waals surface area (Å²) < 4.78 is 5.90. The maximum Gasteiger partial charge on any atom is 0.138 e. The summed E-state index contributed by atoms with van der Waals surface area (Å²) in [6.45, 7) is 9.46. The molecule has 0 amide bonds. The Morgan fingerprint density at radius 2 is 1.62 bits per heavy atom. The molecule has 2 unspecified atom stereocenters. The van der Waals surface area contributed by atoms with Crippen molar-refractivity contribution < 1.29 is 9.53 Å². The molecule has 0 aromatic rings. The second-order valence-corrected chi connectivity index (χ2v) is 10.7. The van der Waals surface area contributed by atoms with Crippen molar-refractivity contribution in [1.29, 1.82) is 0 Å². The minimum Gasteiger partial charge on any atom is -0.381 e. The molecule has 0 radical (unpaired) electrons. The summed E-state index contributed by atoms with van der Waals surface area (Å²) in [6, 6.07) is 0. The van der Waals surface area contributed by atoms with E-state index < -0.39 is 0 Å². The quantitative estimate of drug-likeness (QED) is 0.655. The largest absolute Gasteiger partial charge is 0.381 e. The minimum atomic E-state index is -0.112. The number of Topliss-reactive ketones (excluding diaryl/α,β-unsaturated/α-hetero) is 1. The van der Waals surface area contributed by atoms with Gasteiger partial charge in [0.1, 0.15) is 5.78 Å². The summed E-state index contributed by atoms with van der Waals surface area (Å²) in [5, 5.41) is 0. The third-order valence-electron chi connectivity index (χ3n) is 9.27. The third kappa shape index (κ3) is 2.14. The molecule has 2 nitrogen and oxygen atoms in total. The second-order valence-electron chi connectivity index (χ2n) is 10.7. The first kappa shape index (κ1) is 17.1. The molecule has 4 rings (SSSR count). The van der Waals surface area contributed by atoms with Crippen LogP contribution in [-0.2, 0) is 9.53 Å². The lowest BCUT2D eigenvalue weighted by atomic mass is 9.43. The SMILES string of the molecule is COC1CC[C@H]2[C@@H]3CCC4CC(=O)C(C)(C)C[C@]4(C)[C@@H]3CC[C@]12C. The Morgan fingerprint density at radius 3 is 2.33 bits per heavy atom. The van der Waals surface area contributed by atoms with Crippen molar-refractivity contribution in [1.82, 2.24) is 0 Å². The van der Waals surface area contributed by atoms with Gasteiger partial charge >= 0.3 is 0 Å². The van der Waals surface area contributed by atoms with E-state index >= 15 is 0 Å². The lowest BCUT2D eigenvalue weighted by Crippen LogP contribution is -2.56. The number of ether oxygens (including phenoxy) is 1. The van der Waals surface area contributed by atoms with Gasteiger partial charge in [-0.1, -0.05) is 27.7 Å². The summed E-state index contributed by atoms with van der Waals surface area (Å²) in [5.74, 6) is 3.71. The van der Waals surface area contributed by atoms with Gasteiger partial charge < -0.3 is 4.74 Å². The van der Waals surface area contributed by atoms with Gasteiger partial charge in [0.25, 0.3) is 0 Å². The fourth-order valence-corrected chi connectivity index (χ4v) is 8.04. The van der Waals surface area contributed by atoms with E-state index in [1.165, 1.54) is 38.5 Å². The second kappa shape index (κ2) is 5.32. The summed E-state index contributed by atoms with van der Waals surface area (Å²) in [6.07, 6.45) is 10.4. The van der Waals surface area contributed by atoms with Crippen molar-refractivity contribution >= 4 is 5.78 Å². The van der Waals surface area contributed by atoms with Gasteiger partial charge in [0.05, 0.1) is 6.10 Å². The van der Waals surface area contributed by atoms with Gasteiger partial charge in [-0.3, -0.25) is 4.79 Å². The van der Waals surface area contributed by atoms with Gasteiger partial charge in [0.2, 0.25) is 0 Å². The summed E-state index contributed by atoms with van der Waals surface area (Å²) in [7, 11) is 1.91. The summed E-state index contributed by atoms with van der Waals surface area (Å²) in [4.78, 5) is 12.6. The Balaban J connectivity index is 1.65. The molecule has 0 heterocycles. The first-order chi connectivity index (χ1) is 11.2. The van der Waals surface area contributed by atoms with Crippen molar-refractivity contribution in [3.8, 4) is 0 Å². The van der Waals surface area contributed by atoms with Crippen molar-refractivity contribution in [2.75, 3.05) is 7.11 Å². The molecule has 4 fully saturated rings. The zero-order valence-electron chi connectivity index (χ0n) is 16.4. The number of methoxy groups -OCH3 is 1. The topological polar surface area (TPSA) is 26.3 Å². The van der Waals surface area contributed by atoms with Crippen molar-refractivity contribution in [2.24, 2.45) is 39.9 Å². The van der Waals surface area contributed by atoms with E-state index in [0.29, 0.717) is 28.6 Å². The molecule has 0 aliphatic heterocycles. The molecule has 0 bridgehead atoms. The van der Waals surface area contributed by atoms with Gasteiger partial charge in [0.15, 0.2) is 0 Å². The number of ketones is 1. The van der Waals surface area contributed by atoms with Crippen LogP contribution in [0.1, 0.15) is 79.1 Å². The first-order valence-electron chi connectivity index (χ1n) is 10.3. The van der Waals surface area contributed by atoms with Gasteiger partial charge in [0, 0.05) is 18.9 Å². The average Bonchev–Trinajstić information content (AvgIpc) is 2.85. The molecule has 2 heteroatoms. The van der Waals surface area contributed by atoms with E-state index in [1.54, 1.807) is 0 Å². The highest BCUT2D eigenvalue weighted by molar-refractivity contribution is 5.85. The Morgan fingerprint density at radius 1 is 0.917 bits per heavy atom. The smallest absolute Gasteiger partial charge is 0.138 e. The van der Waals surface area contributed by atoms with Crippen LogP contribution >= 0.6 is 0 Å². The molecule has 4 aliphatic rings. The third-order valence-corrected chi connectivity index (χ3v) is 9.27. The zero-order valence-corrected chi connectivity index (χ0v) is 16.4. The number of rotatable bonds is 1. The van der Waals surface area contributed by atoms with Gasteiger partial charge in [-0.25, -0.2) is 0 Å². The number of fused-ring (bicyclic) bond motifs is 5. The van der Waals surface area contributed by atoms with Crippen molar-refractivity contribution in [3.05, 3.63) is 0 Å². The van der Waals surface area contributed by atoms with Crippen LogP contribution in [0.4, 0.5) is 0 Å². The fourth-order valence-electron chi connectivity index (χ4n) is 8.04. The molecule has 0 N–H and O–H groups in total. The van der Waals surface area contributed by atoms with E-state index in [0.717, 1.165) is 30.6 Å². The molecular formula is C22H36O2. The predicted octanol–water partition coefficient (Wildman–Crippen LogP) is 5.25.